The van der Waals surface area contributed by atoms with Crippen molar-refractivity contribution in [2.75, 3.05) is 24.6 Å². The minimum Gasteiger partial charge on any atom is -0.396 e. The van der Waals surface area contributed by atoms with E-state index in [0.29, 0.717) is 5.92 Å². The first-order valence-corrected chi connectivity index (χ1v) is 7.39. The van der Waals surface area contributed by atoms with Crippen molar-refractivity contribution in [3.05, 3.63) is 29.8 Å². The number of rotatable bonds is 5. The number of piperidine rings is 1. The van der Waals surface area contributed by atoms with Crippen molar-refractivity contribution in [2.24, 2.45) is 5.92 Å². The van der Waals surface area contributed by atoms with Crippen molar-refractivity contribution in [1.82, 2.24) is 0 Å². The maximum absolute atomic E-state index is 10.1. The molecular formula is C16H25NO2. The quantitative estimate of drug-likeness (QED) is 0.858. The molecule has 1 unspecified atom stereocenters. The standard InChI is InChI=1S/C16H25NO2/c1-2-16(19)14-7-3-4-8-15(14)17-10-5-6-13(12-17)9-11-18/h3-4,7-8,13,16,18-19H,2,5-6,9-12H2,1H3/t13?,16-/m0/s1. The zero-order valence-electron chi connectivity index (χ0n) is 11.8. The summed E-state index contributed by atoms with van der Waals surface area (Å²) in [6.07, 6.45) is 3.62. The molecule has 1 aliphatic rings. The van der Waals surface area contributed by atoms with Gasteiger partial charge in [0.2, 0.25) is 0 Å². The van der Waals surface area contributed by atoms with E-state index >= 15 is 0 Å². The number of aliphatic hydroxyl groups is 2. The van der Waals surface area contributed by atoms with Gasteiger partial charge in [-0.3, -0.25) is 0 Å². The molecule has 0 aliphatic carbocycles. The maximum Gasteiger partial charge on any atom is 0.0807 e. The summed E-state index contributed by atoms with van der Waals surface area (Å²) in [7, 11) is 0. The van der Waals surface area contributed by atoms with Crippen LogP contribution in [-0.4, -0.2) is 29.9 Å². The molecule has 0 amide bonds. The van der Waals surface area contributed by atoms with Gasteiger partial charge in [0, 0.05) is 30.9 Å². The number of hydrogen-bond donors (Lipinski definition) is 2. The van der Waals surface area contributed by atoms with Gasteiger partial charge in [0.25, 0.3) is 0 Å². The summed E-state index contributed by atoms with van der Waals surface area (Å²) in [6, 6.07) is 8.17. The van der Waals surface area contributed by atoms with E-state index in [-0.39, 0.29) is 12.7 Å². The van der Waals surface area contributed by atoms with Crippen LogP contribution in [0, 0.1) is 5.92 Å². The van der Waals surface area contributed by atoms with Crippen LogP contribution < -0.4 is 4.90 Å². The van der Waals surface area contributed by atoms with E-state index in [0.717, 1.165) is 31.5 Å². The molecule has 1 heterocycles. The van der Waals surface area contributed by atoms with E-state index in [1.807, 2.05) is 25.1 Å². The van der Waals surface area contributed by atoms with Gasteiger partial charge in [-0.1, -0.05) is 25.1 Å². The van der Waals surface area contributed by atoms with Gasteiger partial charge >= 0.3 is 0 Å². The molecule has 0 saturated carbocycles. The van der Waals surface area contributed by atoms with Crippen LogP contribution in [0.25, 0.3) is 0 Å². The normalized spacial score (nSPS) is 21.4. The summed E-state index contributed by atoms with van der Waals surface area (Å²) in [5.41, 5.74) is 2.20. The number of nitrogens with zero attached hydrogens (tertiary/aromatic N) is 1. The summed E-state index contributed by atoms with van der Waals surface area (Å²) in [5.74, 6) is 0.575. The molecule has 2 rings (SSSR count). The molecule has 1 aliphatic heterocycles. The highest BCUT2D eigenvalue weighted by Crippen LogP contribution is 2.31. The van der Waals surface area contributed by atoms with E-state index in [1.54, 1.807) is 0 Å². The molecule has 0 radical (unpaired) electrons. The summed E-state index contributed by atoms with van der Waals surface area (Å²) in [6.45, 7) is 4.33. The Balaban J connectivity index is 2.16. The molecule has 0 spiro atoms. The van der Waals surface area contributed by atoms with E-state index in [1.165, 1.54) is 18.5 Å². The predicted molar refractivity (Wildman–Crippen MR) is 78.3 cm³/mol. The number of anilines is 1. The second kappa shape index (κ2) is 6.92. The van der Waals surface area contributed by atoms with Crippen LogP contribution in [0.4, 0.5) is 5.69 Å². The third-order valence-corrected chi connectivity index (χ3v) is 4.08. The van der Waals surface area contributed by atoms with Gasteiger partial charge in [0.1, 0.15) is 0 Å². The van der Waals surface area contributed by atoms with Gasteiger partial charge in [0.05, 0.1) is 6.10 Å². The highest BCUT2D eigenvalue weighted by molar-refractivity contribution is 5.55. The highest BCUT2D eigenvalue weighted by Gasteiger charge is 2.22. The molecule has 19 heavy (non-hydrogen) atoms. The lowest BCUT2D eigenvalue weighted by Crippen LogP contribution is -2.36. The average molecular weight is 263 g/mol. The lowest BCUT2D eigenvalue weighted by atomic mass is 9.93. The topological polar surface area (TPSA) is 43.7 Å². The summed E-state index contributed by atoms with van der Waals surface area (Å²) >= 11 is 0. The number of para-hydroxylation sites is 1. The van der Waals surface area contributed by atoms with Gasteiger partial charge in [-0.05, 0) is 37.7 Å². The maximum atomic E-state index is 10.1. The SMILES string of the molecule is CC[C@H](O)c1ccccc1N1CCCC(CCO)C1. The first kappa shape index (κ1) is 14.4. The Labute approximate surface area is 115 Å². The van der Waals surface area contributed by atoms with Crippen LogP contribution in [0.5, 0.6) is 0 Å². The van der Waals surface area contributed by atoms with Crippen molar-refractivity contribution in [2.45, 2.75) is 38.7 Å². The van der Waals surface area contributed by atoms with Crippen LogP contribution in [0.3, 0.4) is 0 Å². The monoisotopic (exact) mass is 263 g/mol. The lowest BCUT2D eigenvalue weighted by Gasteiger charge is -2.36. The minimum atomic E-state index is -0.380. The van der Waals surface area contributed by atoms with Crippen LogP contribution in [0.1, 0.15) is 44.3 Å². The molecule has 1 fully saturated rings. The van der Waals surface area contributed by atoms with Crippen LogP contribution in [-0.2, 0) is 0 Å². The van der Waals surface area contributed by atoms with Gasteiger partial charge in [-0.2, -0.15) is 0 Å². The second-order valence-electron chi connectivity index (χ2n) is 5.45. The van der Waals surface area contributed by atoms with E-state index in [2.05, 4.69) is 11.0 Å². The van der Waals surface area contributed by atoms with Crippen molar-refractivity contribution in [3.8, 4) is 0 Å². The Bertz CT molecular complexity index is 392. The Kier molecular flexibility index (Phi) is 5.23. The fourth-order valence-corrected chi connectivity index (χ4v) is 2.98. The summed E-state index contributed by atoms with van der Waals surface area (Å²) in [5, 5.41) is 19.2. The second-order valence-corrected chi connectivity index (χ2v) is 5.45. The van der Waals surface area contributed by atoms with Crippen LogP contribution in [0.15, 0.2) is 24.3 Å². The van der Waals surface area contributed by atoms with Gasteiger partial charge < -0.3 is 15.1 Å². The van der Waals surface area contributed by atoms with Gasteiger partial charge in [0.15, 0.2) is 0 Å². The molecule has 0 aromatic heterocycles. The van der Waals surface area contributed by atoms with Crippen LogP contribution >= 0.6 is 0 Å². The molecule has 1 aromatic rings. The molecule has 3 heteroatoms. The van der Waals surface area contributed by atoms with Gasteiger partial charge in [-0.25, -0.2) is 0 Å². The fourth-order valence-electron chi connectivity index (χ4n) is 2.98. The van der Waals surface area contributed by atoms with Crippen LogP contribution in [0.2, 0.25) is 0 Å². The van der Waals surface area contributed by atoms with Crippen molar-refractivity contribution < 1.29 is 10.2 Å². The Morgan fingerprint density at radius 3 is 2.89 bits per heavy atom. The van der Waals surface area contributed by atoms with Gasteiger partial charge in [-0.15, -0.1) is 0 Å². The average Bonchev–Trinajstić information content (AvgIpc) is 2.47. The third kappa shape index (κ3) is 3.48. The third-order valence-electron chi connectivity index (χ3n) is 4.08. The molecule has 2 atom stereocenters. The minimum absolute atomic E-state index is 0.276. The molecule has 3 nitrogen and oxygen atoms in total. The smallest absolute Gasteiger partial charge is 0.0807 e. The van der Waals surface area contributed by atoms with E-state index in [4.69, 9.17) is 5.11 Å². The van der Waals surface area contributed by atoms with Crippen molar-refractivity contribution in [1.29, 1.82) is 0 Å². The Hall–Kier alpha value is -1.06. The van der Waals surface area contributed by atoms with Crippen molar-refractivity contribution >= 4 is 5.69 Å². The molecule has 2 N–H and O–H groups in total. The number of hydrogen-bond acceptors (Lipinski definition) is 3. The number of benzene rings is 1. The Morgan fingerprint density at radius 2 is 2.16 bits per heavy atom. The first-order valence-electron chi connectivity index (χ1n) is 7.39. The largest absolute Gasteiger partial charge is 0.396 e. The lowest BCUT2D eigenvalue weighted by molar-refractivity contribution is 0.173. The molecule has 1 aromatic carbocycles. The fraction of sp³-hybridized carbons (Fsp3) is 0.625. The zero-order chi connectivity index (χ0) is 13.7. The summed E-state index contributed by atoms with van der Waals surface area (Å²) in [4.78, 5) is 2.37. The molecular weight excluding hydrogens is 238 g/mol. The Morgan fingerprint density at radius 1 is 1.37 bits per heavy atom. The molecule has 1 saturated heterocycles. The van der Waals surface area contributed by atoms with E-state index < -0.39 is 0 Å². The molecule has 106 valence electrons. The number of aliphatic hydroxyl groups excluding tert-OH is 2. The van der Waals surface area contributed by atoms with E-state index in [9.17, 15) is 5.11 Å². The molecule has 0 bridgehead atoms. The van der Waals surface area contributed by atoms with Crippen molar-refractivity contribution in [3.63, 3.8) is 0 Å². The predicted octanol–water partition coefficient (Wildman–Crippen LogP) is 2.73. The highest BCUT2D eigenvalue weighted by atomic mass is 16.3. The zero-order valence-corrected chi connectivity index (χ0v) is 11.8. The summed E-state index contributed by atoms with van der Waals surface area (Å²) < 4.78 is 0. The first-order chi connectivity index (χ1) is 9.26.